The first-order chi connectivity index (χ1) is 9.79. The fourth-order valence-corrected chi connectivity index (χ4v) is 1.53. The van der Waals surface area contributed by atoms with Gasteiger partial charge in [-0.15, -0.1) is 0 Å². The Morgan fingerprint density at radius 1 is 0.905 bits per heavy atom. The average molecular weight is 303 g/mol. The monoisotopic (exact) mass is 303 g/mol. The summed E-state index contributed by atoms with van der Waals surface area (Å²) in [5.41, 5.74) is 1.54. The Hall–Kier alpha value is -2.18. The lowest BCUT2D eigenvalue weighted by molar-refractivity contribution is -0.290. The SMILES string of the molecule is FC(F)(F)C(F)(F)COc1ccc(-c2cccnc2)cc1. The molecule has 1 aromatic carbocycles. The van der Waals surface area contributed by atoms with Gasteiger partial charge < -0.3 is 4.74 Å². The van der Waals surface area contributed by atoms with Crippen LogP contribution in [0.15, 0.2) is 48.8 Å². The van der Waals surface area contributed by atoms with E-state index >= 15 is 0 Å². The first kappa shape index (κ1) is 15.2. The third-order valence-electron chi connectivity index (χ3n) is 2.68. The molecule has 1 heterocycles. The van der Waals surface area contributed by atoms with Crippen molar-refractivity contribution in [3.8, 4) is 16.9 Å². The molecule has 2 nitrogen and oxygen atoms in total. The lowest BCUT2D eigenvalue weighted by Crippen LogP contribution is -2.41. The van der Waals surface area contributed by atoms with Gasteiger partial charge in [0.1, 0.15) is 5.75 Å². The predicted molar refractivity (Wildman–Crippen MR) is 66.2 cm³/mol. The van der Waals surface area contributed by atoms with Gasteiger partial charge in [-0.25, -0.2) is 0 Å². The second kappa shape index (κ2) is 5.67. The Kier molecular flexibility index (Phi) is 4.11. The lowest BCUT2D eigenvalue weighted by atomic mass is 10.1. The van der Waals surface area contributed by atoms with Crippen molar-refractivity contribution >= 4 is 0 Å². The number of hydrogen-bond acceptors (Lipinski definition) is 2. The van der Waals surface area contributed by atoms with Crippen LogP contribution in [0.1, 0.15) is 0 Å². The number of benzene rings is 1. The summed E-state index contributed by atoms with van der Waals surface area (Å²) in [6, 6.07) is 9.28. The summed E-state index contributed by atoms with van der Waals surface area (Å²) >= 11 is 0. The zero-order chi connectivity index (χ0) is 15.5. The van der Waals surface area contributed by atoms with Gasteiger partial charge in [-0.05, 0) is 29.3 Å². The highest BCUT2D eigenvalue weighted by atomic mass is 19.4. The van der Waals surface area contributed by atoms with Gasteiger partial charge in [0.2, 0.25) is 0 Å². The highest BCUT2D eigenvalue weighted by molar-refractivity contribution is 5.62. The molecular formula is C14H10F5NO. The van der Waals surface area contributed by atoms with Gasteiger partial charge in [0.25, 0.3) is 0 Å². The molecule has 2 aromatic rings. The Morgan fingerprint density at radius 2 is 1.57 bits per heavy atom. The normalized spacial score (nSPS) is 12.2. The topological polar surface area (TPSA) is 22.1 Å². The van der Waals surface area contributed by atoms with E-state index in [4.69, 9.17) is 0 Å². The van der Waals surface area contributed by atoms with Gasteiger partial charge in [-0.3, -0.25) is 4.98 Å². The number of alkyl halides is 5. The van der Waals surface area contributed by atoms with Gasteiger partial charge in [0.15, 0.2) is 6.61 Å². The quantitative estimate of drug-likeness (QED) is 0.785. The summed E-state index contributed by atoms with van der Waals surface area (Å²) in [6.45, 7) is -1.75. The minimum Gasteiger partial charge on any atom is -0.487 e. The Bertz CT molecular complexity index is 581. The maximum Gasteiger partial charge on any atom is 0.456 e. The van der Waals surface area contributed by atoms with Crippen LogP contribution in [-0.2, 0) is 0 Å². The van der Waals surface area contributed by atoms with Crippen LogP contribution in [0.5, 0.6) is 5.75 Å². The van der Waals surface area contributed by atoms with Crippen molar-refractivity contribution in [1.82, 2.24) is 4.98 Å². The summed E-state index contributed by atoms with van der Waals surface area (Å²) in [5, 5.41) is 0. The third kappa shape index (κ3) is 3.68. The fraction of sp³-hybridized carbons (Fsp3) is 0.214. The van der Waals surface area contributed by atoms with Crippen molar-refractivity contribution < 1.29 is 26.7 Å². The van der Waals surface area contributed by atoms with Crippen molar-refractivity contribution in [3.63, 3.8) is 0 Å². The second-order valence-corrected chi connectivity index (χ2v) is 4.26. The van der Waals surface area contributed by atoms with E-state index in [0.717, 1.165) is 11.1 Å². The molecule has 0 radical (unpaired) electrons. The van der Waals surface area contributed by atoms with Crippen molar-refractivity contribution in [2.75, 3.05) is 6.61 Å². The van der Waals surface area contributed by atoms with Crippen LogP contribution in [0.4, 0.5) is 22.0 Å². The van der Waals surface area contributed by atoms with Gasteiger partial charge in [0, 0.05) is 12.4 Å². The van der Waals surface area contributed by atoms with Crippen molar-refractivity contribution in [3.05, 3.63) is 48.8 Å². The summed E-state index contributed by atoms with van der Waals surface area (Å²) in [4.78, 5) is 3.92. The molecule has 21 heavy (non-hydrogen) atoms. The molecule has 112 valence electrons. The molecule has 0 N–H and O–H groups in total. The van der Waals surface area contributed by atoms with E-state index in [1.807, 2.05) is 0 Å². The molecule has 0 bridgehead atoms. The summed E-state index contributed by atoms with van der Waals surface area (Å²) in [5.74, 6) is -4.94. The van der Waals surface area contributed by atoms with Crippen molar-refractivity contribution in [2.24, 2.45) is 0 Å². The molecular weight excluding hydrogens is 293 g/mol. The molecule has 0 fully saturated rings. The molecule has 2 rings (SSSR count). The molecule has 0 amide bonds. The molecule has 0 atom stereocenters. The number of rotatable bonds is 4. The first-order valence-corrected chi connectivity index (χ1v) is 5.87. The zero-order valence-corrected chi connectivity index (χ0v) is 10.6. The Morgan fingerprint density at radius 3 is 2.10 bits per heavy atom. The van der Waals surface area contributed by atoms with E-state index < -0.39 is 18.7 Å². The molecule has 0 aliphatic carbocycles. The van der Waals surface area contributed by atoms with Crippen LogP contribution in [0.25, 0.3) is 11.1 Å². The largest absolute Gasteiger partial charge is 0.487 e. The number of ether oxygens (including phenoxy) is 1. The Labute approximate surface area is 117 Å². The standard InChI is InChI=1S/C14H10F5NO/c15-13(16,14(17,18)19)9-21-12-5-3-10(4-6-12)11-2-1-7-20-8-11/h1-8H,9H2. The molecule has 0 saturated carbocycles. The van der Waals surface area contributed by atoms with Crippen LogP contribution in [0.3, 0.4) is 0 Å². The molecule has 0 aliphatic rings. The third-order valence-corrected chi connectivity index (χ3v) is 2.68. The highest BCUT2D eigenvalue weighted by Crippen LogP contribution is 2.35. The maximum absolute atomic E-state index is 12.7. The molecule has 0 unspecified atom stereocenters. The lowest BCUT2D eigenvalue weighted by Gasteiger charge is -2.19. The van der Waals surface area contributed by atoms with E-state index in [1.165, 1.54) is 12.1 Å². The fourth-order valence-electron chi connectivity index (χ4n) is 1.53. The summed E-state index contributed by atoms with van der Waals surface area (Å²) in [6.07, 6.45) is -2.42. The van der Waals surface area contributed by atoms with Crippen molar-refractivity contribution in [1.29, 1.82) is 0 Å². The first-order valence-electron chi connectivity index (χ1n) is 5.87. The highest BCUT2D eigenvalue weighted by Gasteiger charge is 2.58. The van der Waals surface area contributed by atoms with Crippen LogP contribution in [0, 0.1) is 0 Å². The summed E-state index contributed by atoms with van der Waals surface area (Å²) < 4.78 is 65.9. The van der Waals surface area contributed by atoms with Crippen LogP contribution in [0.2, 0.25) is 0 Å². The van der Waals surface area contributed by atoms with E-state index in [9.17, 15) is 22.0 Å². The molecule has 0 aliphatic heterocycles. The van der Waals surface area contributed by atoms with E-state index in [1.54, 1.807) is 36.7 Å². The Balaban J connectivity index is 2.04. The minimum absolute atomic E-state index is 0.0634. The average Bonchev–Trinajstić information content (AvgIpc) is 2.45. The maximum atomic E-state index is 12.7. The van der Waals surface area contributed by atoms with E-state index in [0.29, 0.717) is 0 Å². The number of halogens is 5. The molecule has 0 saturated heterocycles. The number of aromatic nitrogens is 1. The zero-order valence-electron chi connectivity index (χ0n) is 10.6. The van der Waals surface area contributed by atoms with Crippen LogP contribution < -0.4 is 4.74 Å². The second-order valence-electron chi connectivity index (χ2n) is 4.26. The van der Waals surface area contributed by atoms with E-state index in [2.05, 4.69) is 9.72 Å². The number of nitrogens with zero attached hydrogens (tertiary/aromatic N) is 1. The molecule has 1 aromatic heterocycles. The number of hydrogen-bond donors (Lipinski definition) is 0. The van der Waals surface area contributed by atoms with Gasteiger partial charge >= 0.3 is 12.1 Å². The smallest absolute Gasteiger partial charge is 0.456 e. The van der Waals surface area contributed by atoms with Crippen LogP contribution >= 0.6 is 0 Å². The van der Waals surface area contributed by atoms with Crippen molar-refractivity contribution in [2.45, 2.75) is 12.1 Å². The van der Waals surface area contributed by atoms with Gasteiger partial charge in [-0.2, -0.15) is 22.0 Å². The number of pyridine rings is 1. The molecule has 7 heteroatoms. The van der Waals surface area contributed by atoms with Gasteiger partial charge in [0.05, 0.1) is 0 Å². The van der Waals surface area contributed by atoms with Gasteiger partial charge in [-0.1, -0.05) is 18.2 Å². The van der Waals surface area contributed by atoms with E-state index in [-0.39, 0.29) is 5.75 Å². The predicted octanol–water partition coefficient (Wildman–Crippen LogP) is 4.33. The van der Waals surface area contributed by atoms with Crippen LogP contribution in [-0.4, -0.2) is 23.7 Å². The minimum atomic E-state index is -5.62. The summed E-state index contributed by atoms with van der Waals surface area (Å²) in [7, 11) is 0. The molecule has 0 spiro atoms.